The number of rotatable bonds is 5. The van der Waals surface area contributed by atoms with Crippen LogP contribution in [0.25, 0.3) is 16.9 Å². The zero-order valence-electron chi connectivity index (χ0n) is 15.5. The van der Waals surface area contributed by atoms with E-state index >= 15 is 0 Å². The Balaban J connectivity index is 1.61. The molecule has 0 aliphatic carbocycles. The van der Waals surface area contributed by atoms with E-state index in [1.54, 1.807) is 44.7 Å². The van der Waals surface area contributed by atoms with Gasteiger partial charge in [0.2, 0.25) is 0 Å². The third-order valence-corrected chi connectivity index (χ3v) is 4.39. The van der Waals surface area contributed by atoms with E-state index in [-0.39, 0.29) is 5.91 Å². The summed E-state index contributed by atoms with van der Waals surface area (Å²) in [6.07, 6.45) is 3.68. The molecule has 1 amide bonds. The lowest BCUT2D eigenvalue weighted by molar-refractivity contribution is 0.102. The van der Waals surface area contributed by atoms with Crippen LogP contribution >= 0.6 is 0 Å². The van der Waals surface area contributed by atoms with Crippen LogP contribution in [0.4, 0.5) is 5.69 Å². The number of ether oxygens (including phenoxy) is 2. The molecular formula is C22H19N3O3. The maximum Gasteiger partial charge on any atom is 0.257 e. The Labute approximate surface area is 162 Å². The Bertz CT molecular complexity index is 1110. The highest BCUT2D eigenvalue weighted by molar-refractivity contribution is 6.04. The lowest BCUT2D eigenvalue weighted by Gasteiger charge is -2.10. The van der Waals surface area contributed by atoms with Crippen molar-refractivity contribution in [1.82, 2.24) is 9.38 Å². The molecule has 0 unspecified atom stereocenters. The van der Waals surface area contributed by atoms with Crippen LogP contribution in [0.15, 0.2) is 73.1 Å². The minimum atomic E-state index is -0.229. The fourth-order valence-corrected chi connectivity index (χ4v) is 2.96. The van der Waals surface area contributed by atoms with Gasteiger partial charge in [0.05, 0.1) is 25.5 Å². The molecule has 6 nitrogen and oxygen atoms in total. The number of carbonyl (C=O) groups excluding carboxylic acids is 1. The Hall–Kier alpha value is -3.80. The number of benzene rings is 2. The minimum Gasteiger partial charge on any atom is -0.497 e. The number of aromatic nitrogens is 2. The quantitative estimate of drug-likeness (QED) is 0.567. The summed E-state index contributed by atoms with van der Waals surface area (Å²) >= 11 is 0. The number of amides is 1. The van der Waals surface area contributed by atoms with Crippen LogP contribution in [0.2, 0.25) is 0 Å². The average Bonchev–Trinajstić information content (AvgIpc) is 3.17. The molecule has 0 aliphatic heterocycles. The SMILES string of the molecule is COc1cc(NC(=O)c2ccc3nc(-c4ccccc4)cn3c2)cc(OC)c1. The molecule has 0 atom stereocenters. The lowest BCUT2D eigenvalue weighted by atomic mass is 10.2. The molecule has 4 rings (SSSR count). The van der Waals surface area contributed by atoms with Gasteiger partial charge in [-0.15, -0.1) is 0 Å². The first-order valence-electron chi connectivity index (χ1n) is 8.75. The standard InChI is InChI=1S/C22H19N3O3/c1-27-18-10-17(11-19(12-18)28-2)23-22(26)16-8-9-21-24-20(14-25(21)13-16)15-6-4-3-5-7-15/h3-14H,1-2H3,(H,23,26). The molecule has 0 aliphatic rings. The van der Waals surface area contributed by atoms with E-state index < -0.39 is 0 Å². The van der Waals surface area contributed by atoms with Crippen molar-refractivity contribution >= 4 is 17.2 Å². The number of pyridine rings is 1. The molecule has 6 heteroatoms. The van der Waals surface area contributed by atoms with Crippen molar-refractivity contribution in [2.45, 2.75) is 0 Å². The molecule has 0 spiro atoms. The molecule has 0 saturated heterocycles. The first-order chi connectivity index (χ1) is 13.7. The Morgan fingerprint density at radius 3 is 2.32 bits per heavy atom. The maximum absolute atomic E-state index is 12.7. The second-order valence-electron chi connectivity index (χ2n) is 6.23. The first kappa shape index (κ1) is 17.6. The van der Waals surface area contributed by atoms with Gasteiger partial charge in [-0.25, -0.2) is 4.98 Å². The molecular weight excluding hydrogens is 354 g/mol. The van der Waals surface area contributed by atoms with Crippen molar-refractivity contribution < 1.29 is 14.3 Å². The summed E-state index contributed by atoms with van der Waals surface area (Å²) < 4.78 is 12.3. The van der Waals surface area contributed by atoms with Crippen molar-refractivity contribution in [3.63, 3.8) is 0 Å². The summed E-state index contributed by atoms with van der Waals surface area (Å²) in [4.78, 5) is 17.3. The van der Waals surface area contributed by atoms with Gasteiger partial charge in [0.1, 0.15) is 17.1 Å². The van der Waals surface area contributed by atoms with Crippen LogP contribution in [0, 0.1) is 0 Å². The first-order valence-corrected chi connectivity index (χ1v) is 8.75. The summed E-state index contributed by atoms with van der Waals surface area (Å²) in [7, 11) is 3.13. The van der Waals surface area contributed by atoms with Crippen LogP contribution in [0.3, 0.4) is 0 Å². The normalized spacial score (nSPS) is 10.6. The van der Waals surface area contributed by atoms with E-state index in [0.717, 1.165) is 16.9 Å². The van der Waals surface area contributed by atoms with E-state index in [9.17, 15) is 4.79 Å². The third kappa shape index (κ3) is 3.53. The molecule has 0 bridgehead atoms. The van der Waals surface area contributed by atoms with Crippen molar-refractivity contribution in [2.24, 2.45) is 0 Å². The monoisotopic (exact) mass is 373 g/mol. The second-order valence-corrected chi connectivity index (χ2v) is 6.23. The fourth-order valence-electron chi connectivity index (χ4n) is 2.96. The number of fused-ring (bicyclic) bond motifs is 1. The zero-order valence-corrected chi connectivity index (χ0v) is 15.5. The molecule has 2 aromatic heterocycles. The largest absolute Gasteiger partial charge is 0.497 e. The minimum absolute atomic E-state index is 0.229. The zero-order chi connectivity index (χ0) is 19.5. The van der Waals surface area contributed by atoms with Gasteiger partial charge in [0, 0.05) is 41.8 Å². The number of hydrogen-bond acceptors (Lipinski definition) is 4. The summed E-state index contributed by atoms with van der Waals surface area (Å²) in [6.45, 7) is 0. The Kier molecular flexibility index (Phi) is 4.68. The number of methoxy groups -OCH3 is 2. The van der Waals surface area contributed by atoms with E-state index in [4.69, 9.17) is 9.47 Å². The molecule has 140 valence electrons. The van der Waals surface area contributed by atoms with Crippen LogP contribution in [0.5, 0.6) is 11.5 Å². The van der Waals surface area contributed by atoms with E-state index in [2.05, 4.69) is 10.3 Å². The highest BCUT2D eigenvalue weighted by Gasteiger charge is 2.11. The summed E-state index contributed by atoms with van der Waals surface area (Å²) in [5.41, 5.74) is 3.78. The van der Waals surface area contributed by atoms with Crippen molar-refractivity contribution in [3.8, 4) is 22.8 Å². The molecule has 2 heterocycles. The van der Waals surface area contributed by atoms with Gasteiger partial charge in [-0.05, 0) is 12.1 Å². The lowest BCUT2D eigenvalue weighted by Crippen LogP contribution is -2.12. The predicted molar refractivity (Wildman–Crippen MR) is 108 cm³/mol. The molecule has 0 fully saturated rings. The topological polar surface area (TPSA) is 64.9 Å². The Morgan fingerprint density at radius 1 is 0.929 bits per heavy atom. The van der Waals surface area contributed by atoms with Gasteiger partial charge in [-0.2, -0.15) is 0 Å². The Morgan fingerprint density at radius 2 is 1.64 bits per heavy atom. The molecule has 0 radical (unpaired) electrons. The van der Waals surface area contributed by atoms with Gasteiger partial charge in [-0.1, -0.05) is 30.3 Å². The van der Waals surface area contributed by atoms with Crippen LogP contribution in [0.1, 0.15) is 10.4 Å². The average molecular weight is 373 g/mol. The van der Waals surface area contributed by atoms with Crippen LogP contribution in [-0.2, 0) is 0 Å². The predicted octanol–water partition coefficient (Wildman–Crippen LogP) is 4.27. The number of hydrogen-bond donors (Lipinski definition) is 1. The van der Waals surface area contributed by atoms with Gasteiger partial charge in [-0.3, -0.25) is 4.79 Å². The van der Waals surface area contributed by atoms with Crippen LogP contribution < -0.4 is 14.8 Å². The number of nitrogens with one attached hydrogen (secondary N) is 1. The van der Waals surface area contributed by atoms with E-state index in [1.165, 1.54) is 0 Å². The summed E-state index contributed by atoms with van der Waals surface area (Å²) in [5, 5.41) is 2.88. The van der Waals surface area contributed by atoms with Gasteiger partial charge >= 0.3 is 0 Å². The molecule has 28 heavy (non-hydrogen) atoms. The number of anilines is 1. The van der Waals surface area contributed by atoms with Crippen molar-refractivity contribution in [3.05, 3.63) is 78.6 Å². The smallest absolute Gasteiger partial charge is 0.257 e. The maximum atomic E-state index is 12.7. The molecule has 4 aromatic rings. The number of imidazole rings is 1. The number of carbonyl (C=O) groups is 1. The molecule has 0 saturated carbocycles. The second kappa shape index (κ2) is 7.44. The van der Waals surface area contributed by atoms with Crippen LogP contribution in [-0.4, -0.2) is 29.5 Å². The van der Waals surface area contributed by atoms with E-state index in [0.29, 0.717) is 22.7 Å². The van der Waals surface area contributed by atoms with Crippen molar-refractivity contribution in [1.29, 1.82) is 0 Å². The highest BCUT2D eigenvalue weighted by atomic mass is 16.5. The van der Waals surface area contributed by atoms with Gasteiger partial charge in [0.25, 0.3) is 5.91 Å². The fraction of sp³-hybridized carbons (Fsp3) is 0.0909. The van der Waals surface area contributed by atoms with E-state index in [1.807, 2.05) is 47.0 Å². The highest BCUT2D eigenvalue weighted by Crippen LogP contribution is 2.26. The van der Waals surface area contributed by atoms with Gasteiger partial charge in [0.15, 0.2) is 0 Å². The number of nitrogens with zero attached hydrogens (tertiary/aromatic N) is 2. The molecule has 1 N–H and O–H groups in total. The summed E-state index contributed by atoms with van der Waals surface area (Å²) in [5.74, 6) is 0.978. The van der Waals surface area contributed by atoms with Crippen molar-refractivity contribution in [2.75, 3.05) is 19.5 Å². The van der Waals surface area contributed by atoms with Gasteiger partial charge < -0.3 is 19.2 Å². The summed E-state index contributed by atoms with van der Waals surface area (Å²) in [6, 6.07) is 18.7. The third-order valence-electron chi connectivity index (χ3n) is 4.39. The molecule has 2 aromatic carbocycles.